The molecule has 4 unspecified atom stereocenters. The molecular weight excluding hydrogens is 580 g/mol. The SMILES string of the molecule is COc1cccc2c1C(=O)c1c(O)c3c(c(O)c1C2=O)C[C@@](O)(C(=O)CO)C[C@@H]3OC1CC([NH][Zn])C(O)C(C)O1. The molecule has 1 aliphatic heterocycles. The van der Waals surface area contributed by atoms with E-state index in [-0.39, 0.29) is 40.5 Å². The Bertz CT molecular complexity index is 1410. The Morgan fingerprint density at radius 3 is 2.52 bits per heavy atom. The minimum absolute atomic E-state index is 0.0405. The van der Waals surface area contributed by atoms with E-state index in [0.717, 1.165) is 0 Å². The summed E-state index contributed by atoms with van der Waals surface area (Å²) >= 11 is 0.681. The van der Waals surface area contributed by atoms with Crippen molar-refractivity contribution in [3.05, 3.63) is 51.6 Å². The van der Waals surface area contributed by atoms with Gasteiger partial charge in [-0.15, -0.1) is 0 Å². The third-order valence-corrected chi connectivity index (χ3v) is 9.12. The molecule has 1 saturated heterocycles. The molecule has 1 fully saturated rings. The molecule has 6 atom stereocenters. The predicted octanol–water partition coefficient (Wildman–Crippen LogP) is 0.0940. The van der Waals surface area contributed by atoms with Crippen LogP contribution in [0.4, 0.5) is 0 Å². The molecule has 2 aromatic rings. The summed E-state index contributed by atoms with van der Waals surface area (Å²) in [6.45, 7) is 0.649. The number of carbonyl (C=O) groups excluding carboxylic acids is 3. The zero-order valence-electron chi connectivity index (χ0n) is 21.8. The fourth-order valence-electron chi connectivity index (χ4n) is 5.92. The quantitative estimate of drug-likeness (QED) is 0.164. The summed E-state index contributed by atoms with van der Waals surface area (Å²) in [6.07, 6.45) is -4.54. The first kappa shape index (κ1) is 28.8. The number of Topliss-reactive ketones (excluding diaryl/α,β-unsaturated/α-hetero) is 1. The number of ether oxygens (including phenoxy) is 3. The van der Waals surface area contributed by atoms with Crippen molar-refractivity contribution >= 4 is 17.3 Å². The van der Waals surface area contributed by atoms with Crippen molar-refractivity contribution < 1.29 is 72.7 Å². The predicted molar refractivity (Wildman–Crippen MR) is 131 cm³/mol. The van der Waals surface area contributed by atoms with Crippen molar-refractivity contribution in [1.29, 1.82) is 0 Å². The van der Waals surface area contributed by atoms with Crippen molar-refractivity contribution in [3.8, 4) is 17.2 Å². The van der Waals surface area contributed by atoms with Crippen LogP contribution in [0, 0.1) is 0 Å². The molecule has 209 valence electrons. The summed E-state index contributed by atoms with van der Waals surface area (Å²) in [5.74, 6) is -3.67. The molecule has 6 N–H and O–H groups in total. The first-order chi connectivity index (χ1) is 19.0. The van der Waals surface area contributed by atoms with Gasteiger partial charge in [0.15, 0.2) is 0 Å². The fourth-order valence-corrected chi connectivity index (χ4v) is 6.77. The Labute approximate surface area is 238 Å². The topological polar surface area (TPSA) is 192 Å². The number of hydrogen-bond acceptors (Lipinski definition) is 12. The summed E-state index contributed by atoms with van der Waals surface area (Å²) in [7, 11) is 1.33. The number of aliphatic hydroxyl groups is 3. The maximum absolute atomic E-state index is 13.7. The number of phenolic OH excluding ortho intramolecular Hbond substituents is 2. The number of nitrogens with one attached hydrogen (secondary N) is 1. The first-order valence-electron chi connectivity index (χ1n) is 12.7. The van der Waals surface area contributed by atoms with E-state index in [0.29, 0.717) is 18.5 Å². The molecule has 5 rings (SSSR count). The van der Waals surface area contributed by atoms with Gasteiger partial charge in [0, 0.05) is 0 Å². The van der Waals surface area contributed by atoms with E-state index >= 15 is 0 Å². The molecule has 40 heavy (non-hydrogen) atoms. The van der Waals surface area contributed by atoms with Crippen molar-refractivity contribution in [1.82, 2.24) is 4.06 Å². The van der Waals surface area contributed by atoms with Crippen LogP contribution < -0.4 is 8.80 Å². The van der Waals surface area contributed by atoms with Gasteiger partial charge < -0.3 is 4.74 Å². The van der Waals surface area contributed by atoms with Crippen LogP contribution in [0.2, 0.25) is 0 Å². The molecule has 0 radical (unpaired) electrons. The molecule has 0 amide bonds. The van der Waals surface area contributed by atoms with Crippen LogP contribution in [0.1, 0.15) is 68.8 Å². The van der Waals surface area contributed by atoms with Gasteiger partial charge in [-0.2, -0.15) is 0 Å². The minimum atomic E-state index is -2.22. The van der Waals surface area contributed by atoms with Crippen LogP contribution in [0.15, 0.2) is 18.2 Å². The van der Waals surface area contributed by atoms with Crippen LogP contribution in [-0.2, 0) is 39.2 Å². The second-order valence-corrected chi connectivity index (χ2v) is 11.2. The van der Waals surface area contributed by atoms with Gasteiger partial charge >= 0.3 is 209 Å². The third kappa shape index (κ3) is 4.37. The maximum atomic E-state index is 13.7. The van der Waals surface area contributed by atoms with Gasteiger partial charge in [-0.05, 0) is 6.07 Å². The Balaban J connectivity index is 1.68. The summed E-state index contributed by atoms with van der Waals surface area (Å²) < 4.78 is 20.3. The Morgan fingerprint density at radius 1 is 1.18 bits per heavy atom. The molecule has 0 aromatic heterocycles. The van der Waals surface area contributed by atoms with Crippen LogP contribution in [0.25, 0.3) is 0 Å². The number of phenols is 2. The number of aliphatic hydroxyl groups excluding tert-OH is 2. The van der Waals surface area contributed by atoms with Crippen molar-refractivity contribution in [2.24, 2.45) is 0 Å². The molecule has 1 heterocycles. The number of benzene rings is 2. The average molecular weight is 608 g/mol. The van der Waals surface area contributed by atoms with Crippen molar-refractivity contribution in [3.63, 3.8) is 0 Å². The number of hydrogen-bond donors (Lipinski definition) is 6. The number of methoxy groups -OCH3 is 1. The van der Waals surface area contributed by atoms with Gasteiger partial charge in [0.2, 0.25) is 0 Å². The van der Waals surface area contributed by atoms with E-state index in [9.17, 15) is 39.9 Å². The zero-order chi connectivity index (χ0) is 29.1. The van der Waals surface area contributed by atoms with Crippen LogP contribution in [0.5, 0.6) is 17.2 Å². The standard InChI is InChI=1S/C27H28NO11.Zn/c1-10-22(31)13(28)6-17(38-10)39-15-8-27(36,16(30)9-29)7-12-19(15)26(35)21-20(24(12)33)23(32)11-4-3-5-14(37-2)18(11)25(21)34;/h3-5,10,13,15,17,22,28-29,31,33,35-36H,6-9H2,1-2H3;/q-1;+1/t10?,13?,15-,17?,22?,27-;/m0./s1. The summed E-state index contributed by atoms with van der Waals surface area (Å²) in [4.78, 5) is 39.9. The second kappa shape index (κ2) is 10.6. The van der Waals surface area contributed by atoms with E-state index in [1.54, 1.807) is 6.92 Å². The fraction of sp³-hybridized carbons (Fsp3) is 0.444. The van der Waals surface area contributed by atoms with E-state index in [2.05, 4.69) is 4.06 Å². The normalized spacial score (nSPS) is 29.4. The van der Waals surface area contributed by atoms with Gasteiger partial charge in [0.25, 0.3) is 0 Å². The molecule has 0 bridgehead atoms. The molecule has 2 aliphatic carbocycles. The third-order valence-electron chi connectivity index (χ3n) is 8.02. The molecule has 0 spiro atoms. The van der Waals surface area contributed by atoms with Gasteiger partial charge in [-0.3, -0.25) is 0 Å². The van der Waals surface area contributed by atoms with Gasteiger partial charge in [0.1, 0.15) is 0 Å². The molecular formula is C27H28NO11Zn. The number of fused-ring (bicyclic) bond motifs is 3. The monoisotopic (exact) mass is 606 g/mol. The van der Waals surface area contributed by atoms with E-state index in [1.165, 1.54) is 25.3 Å². The Hall–Kier alpha value is -2.77. The Kier molecular flexibility index (Phi) is 7.60. The van der Waals surface area contributed by atoms with Gasteiger partial charge in [-0.1, -0.05) is 12.1 Å². The summed E-state index contributed by atoms with van der Waals surface area (Å²) in [6, 6.07) is 4.02. The van der Waals surface area contributed by atoms with Gasteiger partial charge in [-0.25, -0.2) is 0 Å². The number of aromatic hydroxyl groups is 2. The summed E-state index contributed by atoms with van der Waals surface area (Å²) in [5.41, 5.74) is -3.49. The van der Waals surface area contributed by atoms with Crippen LogP contribution in [-0.4, -0.2) is 86.7 Å². The molecule has 13 heteroatoms. The molecule has 3 aliphatic rings. The Morgan fingerprint density at radius 2 is 1.88 bits per heavy atom. The number of carbonyl (C=O) groups is 3. The molecule has 12 nitrogen and oxygen atoms in total. The van der Waals surface area contributed by atoms with Crippen molar-refractivity contribution in [2.45, 2.75) is 62.4 Å². The zero-order valence-corrected chi connectivity index (χ0v) is 24.8. The van der Waals surface area contributed by atoms with E-state index in [4.69, 9.17) is 14.2 Å². The second-order valence-electron chi connectivity index (χ2n) is 10.3. The van der Waals surface area contributed by atoms with E-state index < -0.39 is 89.6 Å². The van der Waals surface area contributed by atoms with E-state index in [1.807, 2.05) is 0 Å². The first-order valence-corrected chi connectivity index (χ1v) is 14.2. The van der Waals surface area contributed by atoms with Crippen LogP contribution >= 0.6 is 0 Å². The van der Waals surface area contributed by atoms with Crippen molar-refractivity contribution in [2.75, 3.05) is 13.7 Å². The number of rotatable bonds is 6. The average Bonchev–Trinajstić information content (AvgIpc) is 2.94. The molecule has 2 aromatic carbocycles. The summed E-state index contributed by atoms with van der Waals surface area (Å²) in [5, 5.41) is 54.2. The number of ketones is 3. The van der Waals surface area contributed by atoms with Gasteiger partial charge in [0.05, 0.1) is 7.11 Å². The van der Waals surface area contributed by atoms with Crippen LogP contribution in [0.3, 0.4) is 0 Å². The molecule has 0 saturated carbocycles.